The van der Waals surface area contributed by atoms with E-state index in [-0.39, 0.29) is 11.8 Å². The molecule has 5 heteroatoms. The van der Waals surface area contributed by atoms with Crippen molar-refractivity contribution in [1.29, 1.82) is 0 Å². The normalized spacial score (nSPS) is 11.1. The Bertz CT molecular complexity index is 857. The van der Waals surface area contributed by atoms with Crippen molar-refractivity contribution in [2.75, 3.05) is 17.2 Å². The number of benzene rings is 2. The molecule has 5 nitrogen and oxygen atoms in total. The summed E-state index contributed by atoms with van der Waals surface area (Å²) in [6.45, 7) is 10.5. The van der Waals surface area contributed by atoms with Gasteiger partial charge in [-0.25, -0.2) is 0 Å². The molecular formula is C25H34N2O3. The summed E-state index contributed by atoms with van der Waals surface area (Å²) in [7, 11) is 0. The van der Waals surface area contributed by atoms with E-state index in [1.165, 1.54) is 5.56 Å². The second kappa shape index (κ2) is 10.8. The molecule has 2 aromatic carbocycles. The molecule has 2 N–H and O–H groups in total. The number of rotatable bonds is 10. The van der Waals surface area contributed by atoms with Crippen molar-refractivity contribution in [2.45, 2.75) is 60.3 Å². The zero-order valence-corrected chi connectivity index (χ0v) is 18.8. The third-order valence-corrected chi connectivity index (χ3v) is 5.07. The first-order valence-corrected chi connectivity index (χ1v) is 10.6. The van der Waals surface area contributed by atoms with Crippen LogP contribution >= 0.6 is 0 Å². The maximum Gasteiger partial charge on any atom is 0.230 e. The summed E-state index contributed by atoms with van der Waals surface area (Å²) in [5, 5.41) is 5.81. The number of anilines is 2. The lowest BCUT2D eigenvalue weighted by Crippen LogP contribution is -2.31. The van der Waals surface area contributed by atoms with Crippen LogP contribution in [0, 0.1) is 19.3 Å². The van der Waals surface area contributed by atoms with Crippen molar-refractivity contribution in [3.8, 4) is 5.75 Å². The Kier molecular flexibility index (Phi) is 8.46. The molecule has 0 radical (unpaired) electrons. The Labute approximate surface area is 180 Å². The van der Waals surface area contributed by atoms with E-state index >= 15 is 0 Å². The summed E-state index contributed by atoms with van der Waals surface area (Å²) in [6.07, 6.45) is 2.82. The molecule has 0 spiro atoms. The summed E-state index contributed by atoms with van der Waals surface area (Å²) in [5.41, 5.74) is 3.22. The number of hydrogen-bond donors (Lipinski definition) is 2. The molecule has 30 heavy (non-hydrogen) atoms. The van der Waals surface area contributed by atoms with Crippen molar-refractivity contribution >= 4 is 23.2 Å². The number of aryl methyl sites for hydroxylation is 2. The standard InChI is InChI=1S/C25H34N2O3/c1-6-8-23(28)26-20-11-13-21(14-12-20)27-24(29)25(4,5)15-7-16-30-22-17-18(2)9-10-19(22)3/h9-14,17H,6-8,15-16H2,1-5H3,(H,26,28)(H,27,29). The van der Waals surface area contributed by atoms with Gasteiger partial charge in [-0.2, -0.15) is 0 Å². The van der Waals surface area contributed by atoms with Crippen molar-refractivity contribution < 1.29 is 14.3 Å². The molecule has 0 saturated carbocycles. The van der Waals surface area contributed by atoms with Crippen LogP contribution in [-0.4, -0.2) is 18.4 Å². The predicted molar refractivity (Wildman–Crippen MR) is 123 cm³/mol. The zero-order valence-electron chi connectivity index (χ0n) is 18.8. The van der Waals surface area contributed by atoms with Crippen LogP contribution in [0.3, 0.4) is 0 Å². The fraction of sp³-hybridized carbons (Fsp3) is 0.440. The van der Waals surface area contributed by atoms with E-state index in [0.717, 1.165) is 36.3 Å². The van der Waals surface area contributed by atoms with E-state index in [1.807, 2.05) is 40.7 Å². The smallest absolute Gasteiger partial charge is 0.230 e. The van der Waals surface area contributed by atoms with Gasteiger partial charge in [0.2, 0.25) is 11.8 Å². The first-order chi connectivity index (χ1) is 14.2. The van der Waals surface area contributed by atoms with Crippen LogP contribution in [0.5, 0.6) is 5.75 Å². The lowest BCUT2D eigenvalue weighted by Gasteiger charge is -2.24. The van der Waals surface area contributed by atoms with Gasteiger partial charge < -0.3 is 15.4 Å². The van der Waals surface area contributed by atoms with Crippen molar-refractivity contribution in [2.24, 2.45) is 5.41 Å². The number of carbonyl (C=O) groups excluding carboxylic acids is 2. The number of amides is 2. The molecule has 0 saturated heterocycles. The molecule has 2 rings (SSSR count). The molecule has 2 aromatic rings. The van der Waals surface area contributed by atoms with Gasteiger partial charge in [-0.15, -0.1) is 0 Å². The Morgan fingerprint density at radius 2 is 1.60 bits per heavy atom. The lowest BCUT2D eigenvalue weighted by atomic mass is 9.87. The van der Waals surface area contributed by atoms with Crippen LogP contribution in [0.25, 0.3) is 0 Å². The number of ether oxygens (including phenoxy) is 1. The van der Waals surface area contributed by atoms with Crippen LogP contribution in [0.4, 0.5) is 11.4 Å². The minimum Gasteiger partial charge on any atom is -0.493 e. The molecular weight excluding hydrogens is 376 g/mol. The van der Waals surface area contributed by atoms with Gasteiger partial charge in [-0.05, 0) is 74.6 Å². The van der Waals surface area contributed by atoms with E-state index in [1.54, 1.807) is 24.3 Å². The SMILES string of the molecule is CCCC(=O)Nc1ccc(NC(=O)C(C)(C)CCCOc2cc(C)ccc2C)cc1. The molecule has 0 aromatic heterocycles. The Hall–Kier alpha value is -2.82. The Balaban J connectivity index is 1.82. The minimum absolute atomic E-state index is 0.00139. The van der Waals surface area contributed by atoms with Gasteiger partial charge in [0.1, 0.15) is 5.75 Å². The maximum absolute atomic E-state index is 12.7. The molecule has 0 unspecified atom stereocenters. The van der Waals surface area contributed by atoms with Crippen LogP contribution in [-0.2, 0) is 9.59 Å². The second-order valence-electron chi connectivity index (χ2n) is 8.43. The van der Waals surface area contributed by atoms with E-state index in [2.05, 4.69) is 22.8 Å². The summed E-state index contributed by atoms with van der Waals surface area (Å²) < 4.78 is 5.91. The largest absolute Gasteiger partial charge is 0.493 e. The molecule has 0 aliphatic carbocycles. The zero-order chi connectivity index (χ0) is 22.1. The summed E-state index contributed by atoms with van der Waals surface area (Å²) >= 11 is 0. The van der Waals surface area contributed by atoms with E-state index in [4.69, 9.17) is 4.74 Å². The third kappa shape index (κ3) is 7.21. The highest BCUT2D eigenvalue weighted by molar-refractivity contribution is 5.95. The van der Waals surface area contributed by atoms with Gasteiger partial charge in [0.05, 0.1) is 6.61 Å². The average Bonchev–Trinajstić information content (AvgIpc) is 2.69. The topological polar surface area (TPSA) is 67.4 Å². The monoisotopic (exact) mass is 410 g/mol. The lowest BCUT2D eigenvalue weighted by molar-refractivity contribution is -0.124. The van der Waals surface area contributed by atoms with Crippen LogP contribution in [0.1, 0.15) is 57.6 Å². The van der Waals surface area contributed by atoms with Crippen molar-refractivity contribution in [3.05, 3.63) is 53.6 Å². The molecule has 0 fully saturated rings. The molecule has 0 atom stereocenters. The highest BCUT2D eigenvalue weighted by Gasteiger charge is 2.27. The van der Waals surface area contributed by atoms with Crippen LogP contribution < -0.4 is 15.4 Å². The molecule has 0 bridgehead atoms. The summed E-state index contributed by atoms with van der Waals surface area (Å²) in [4.78, 5) is 24.4. The number of hydrogen-bond acceptors (Lipinski definition) is 3. The van der Waals surface area contributed by atoms with Crippen LogP contribution in [0.2, 0.25) is 0 Å². The van der Waals surface area contributed by atoms with E-state index in [9.17, 15) is 9.59 Å². The van der Waals surface area contributed by atoms with Crippen molar-refractivity contribution in [1.82, 2.24) is 0 Å². The molecule has 0 aliphatic rings. The number of carbonyl (C=O) groups is 2. The van der Waals surface area contributed by atoms with Gasteiger partial charge in [0, 0.05) is 23.2 Å². The fourth-order valence-electron chi connectivity index (χ4n) is 3.06. The molecule has 0 aliphatic heterocycles. The summed E-state index contributed by atoms with van der Waals surface area (Å²) in [5.74, 6) is 0.874. The minimum atomic E-state index is -0.515. The summed E-state index contributed by atoms with van der Waals surface area (Å²) in [6, 6.07) is 13.4. The Morgan fingerprint density at radius 3 is 2.23 bits per heavy atom. The molecule has 162 valence electrons. The van der Waals surface area contributed by atoms with Gasteiger partial charge in [0.15, 0.2) is 0 Å². The Morgan fingerprint density at radius 1 is 0.967 bits per heavy atom. The second-order valence-corrected chi connectivity index (χ2v) is 8.43. The van der Waals surface area contributed by atoms with Gasteiger partial charge in [-0.1, -0.05) is 32.9 Å². The van der Waals surface area contributed by atoms with Crippen LogP contribution in [0.15, 0.2) is 42.5 Å². The van der Waals surface area contributed by atoms with Gasteiger partial charge in [-0.3, -0.25) is 9.59 Å². The first kappa shape index (κ1) is 23.5. The van der Waals surface area contributed by atoms with Crippen molar-refractivity contribution in [3.63, 3.8) is 0 Å². The average molecular weight is 411 g/mol. The van der Waals surface area contributed by atoms with Gasteiger partial charge in [0.25, 0.3) is 0 Å². The number of nitrogens with one attached hydrogen (secondary N) is 2. The van der Waals surface area contributed by atoms with E-state index < -0.39 is 5.41 Å². The third-order valence-electron chi connectivity index (χ3n) is 5.07. The van der Waals surface area contributed by atoms with E-state index in [0.29, 0.717) is 18.7 Å². The highest BCUT2D eigenvalue weighted by Crippen LogP contribution is 2.26. The highest BCUT2D eigenvalue weighted by atomic mass is 16.5. The predicted octanol–water partition coefficient (Wildman–Crippen LogP) is 5.87. The maximum atomic E-state index is 12.7. The first-order valence-electron chi connectivity index (χ1n) is 10.6. The molecule has 0 heterocycles. The quantitative estimate of drug-likeness (QED) is 0.482. The van der Waals surface area contributed by atoms with Gasteiger partial charge >= 0.3 is 0 Å². The fourth-order valence-corrected chi connectivity index (χ4v) is 3.06. The molecule has 2 amide bonds.